The van der Waals surface area contributed by atoms with Crippen LogP contribution in [0.1, 0.15) is 13.3 Å². The Morgan fingerprint density at radius 3 is 2.94 bits per heavy atom. The normalized spacial score (nSPS) is 19.0. The van der Waals surface area contributed by atoms with E-state index < -0.39 is 0 Å². The molecule has 1 aromatic heterocycles. The van der Waals surface area contributed by atoms with Gasteiger partial charge in [0.05, 0.1) is 12.6 Å². The summed E-state index contributed by atoms with van der Waals surface area (Å²) in [4.78, 5) is 17.7. The number of rotatable bonds is 3. The van der Waals surface area contributed by atoms with Crippen molar-refractivity contribution in [3.63, 3.8) is 0 Å². The first-order chi connectivity index (χ1) is 8.31. The molecule has 0 spiro atoms. The molecule has 0 saturated carbocycles. The SMILES string of the molecule is CCN(C(=O)NC1CCOC1)c1ccncc1. The van der Waals surface area contributed by atoms with Crippen LogP contribution in [-0.2, 0) is 4.74 Å². The summed E-state index contributed by atoms with van der Waals surface area (Å²) in [6, 6.07) is 3.72. The summed E-state index contributed by atoms with van der Waals surface area (Å²) in [5, 5.41) is 2.97. The zero-order valence-electron chi connectivity index (χ0n) is 9.93. The minimum absolute atomic E-state index is 0.0748. The fraction of sp³-hybridized carbons (Fsp3) is 0.500. The van der Waals surface area contributed by atoms with Crippen molar-refractivity contribution in [3.8, 4) is 0 Å². The zero-order valence-corrected chi connectivity index (χ0v) is 9.93. The lowest BCUT2D eigenvalue weighted by atomic mass is 10.2. The van der Waals surface area contributed by atoms with Gasteiger partial charge in [-0.1, -0.05) is 0 Å². The molecule has 0 bridgehead atoms. The van der Waals surface area contributed by atoms with Gasteiger partial charge in [0.15, 0.2) is 0 Å². The van der Waals surface area contributed by atoms with Gasteiger partial charge in [0.1, 0.15) is 0 Å². The Morgan fingerprint density at radius 1 is 1.59 bits per heavy atom. The molecule has 2 heterocycles. The number of anilines is 1. The Balaban J connectivity index is 2.00. The van der Waals surface area contributed by atoms with Gasteiger partial charge in [0.2, 0.25) is 0 Å². The van der Waals surface area contributed by atoms with Crippen LogP contribution >= 0.6 is 0 Å². The lowest BCUT2D eigenvalue weighted by Gasteiger charge is -2.23. The summed E-state index contributed by atoms with van der Waals surface area (Å²) in [6.45, 7) is 3.92. The largest absolute Gasteiger partial charge is 0.379 e. The smallest absolute Gasteiger partial charge is 0.322 e. The van der Waals surface area contributed by atoms with Gasteiger partial charge in [0, 0.05) is 31.2 Å². The molecule has 1 aromatic rings. The van der Waals surface area contributed by atoms with Crippen molar-refractivity contribution in [2.24, 2.45) is 0 Å². The fourth-order valence-corrected chi connectivity index (χ4v) is 1.87. The summed E-state index contributed by atoms with van der Waals surface area (Å²) in [5.41, 5.74) is 0.860. The average Bonchev–Trinajstić information content (AvgIpc) is 2.84. The molecule has 92 valence electrons. The van der Waals surface area contributed by atoms with Gasteiger partial charge in [-0.3, -0.25) is 9.88 Å². The Kier molecular flexibility index (Phi) is 3.93. The second-order valence-electron chi connectivity index (χ2n) is 3.96. The molecule has 0 radical (unpaired) electrons. The van der Waals surface area contributed by atoms with Gasteiger partial charge in [-0.2, -0.15) is 0 Å². The Labute approximate surface area is 101 Å². The molecule has 1 saturated heterocycles. The maximum absolute atomic E-state index is 12.1. The minimum Gasteiger partial charge on any atom is -0.379 e. The molecule has 2 amide bonds. The molecule has 5 nitrogen and oxygen atoms in total. The maximum atomic E-state index is 12.1. The number of hydrogen-bond acceptors (Lipinski definition) is 3. The maximum Gasteiger partial charge on any atom is 0.322 e. The molecular weight excluding hydrogens is 218 g/mol. The van der Waals surface area contributed by atoms with Gasteiger partial charge in [0.25, 0.3) is 0 Å². The van der Waals surface area contributed by atoms with Crippen LogP contribution in [0.2, 0.25) is 0 Å². The van der Waals surface area contributed by atoms with Crippen molar-refractivity contribution in [2.75, 3.05) is 24.7 Å². The van der Waals surface area contributed by atoms with Gasteiger partial charge >= 0.3 is 6.03 Å². The molecule has 1 aliphatic rings. The predicted molar refractivity (Wildman–Crippen MR) is 65.0 cm³/mol. The number of aromatic nitrogens is 1. The van der Waals surface area contributed by atoms with Crippen LogP contribution in [0.3, 0.4) is 0 Å². The zero-order chi connectivity index (χ0) is 12.1. The summed E-state index contributed by atoms with van der Waals surface area (Å²) in [5.74, 6) is 0. The van der Waals surface area contributed by atoms with E-state index >= 15 is 0 Å². The second-order valence-corrected chi connectivity index (χ2v) is 3.96. The van der Waals surface area contributed by atoms with Crippen LogP contribution in [-0.4, -0.2) is 36.8 Å². The van der Waals surface area contributed by atoms with E-state index in [9.17, 15) is 4.79 Å². The molecule has 1 atom stereocenters. The molecule has 1 fully saturated rings. The third-order valence-electron chi connectivity index (χ3n) is 2.79. The van der Waals surface area contributed by atoms with E-state index in [2.05, 4.69) is 10.3 Å². The van der Waals surface area contributed by atoms with E-state index in [0.717, 1.165) is 18.7 Å². The van der Waals surface area contributed by atoms with Crippen molar-refractivity contribution in [1.82, 2.24) is 10.3 Å². The Bertz CT molecular complexity index is 363. The number of pyridine rings is 1. The van der Waals surface area contributed by atoms with Gasteiger partial charge < -0.3 is 10.1 Å². The molecule has 5 heteroatoms. The van der Waals surface area contributed by atoms with E-state index in [4.69, 9.17) is 4.74 Å². The first-order valence-electron chi connectivity index (χ1n) is 5.87. The highest BCUT2D eigenvalue weighted by atomic mass is 16.5. The number of carbonyl (C=O) groups excluding carboxylic acids is 1. The van der Waals surface area contributed by atoms with Crippen LogP contribution in [0.15, 0.2) is 24.5 Å². The topological polar surface area (TPSA) is 54.5 Å². The summed E-state index contributed by atoms with van der Waals surface area (Å²) < 4.78 is 5.23. The van der Waals surface area contributed by atoms with Gasteiger partial charge in [-0.05, 0) is 25.5 Å². The number of urea groups is 1. The first kappa shape index (κ1) is 11.9. The highest BCUT2D eigenvalue weighted by Gasteiger charge is 2.21. The van der Waals surface area contributed by atoms with Crippen molar-refractivity contribution in [2.45, 2.75) is 19.4 Å². The number of hydrogen-bond donors (Lipinski definition) is 1. The quantitative estimate of drug-likeness (QED) is 0.861. The first-order valence-corrected chi connectivity index (χ1v) is 5.87. The minimum atomic E-state index is -0.0748. The van der Waals surface area contributed by atoms with Gasteiger partial charge in [-0.15, -0.1) is 0 Å². The summed E-state index contributed by atoms with van der Waals surface area (Å²) in [6.07, 6.45) is 4.26. The number of carbonyl (C=O) groups is 1. The molecule has 1 unspecified atom stereocenters. The lowest BCUT2D eigenvalue weighted by molar-refractivity contribution is 0.189. The molecule has 2 rings (SSSR count). The highest BCUT2D eigenvalue weighted by molar-refractivity contribution is 5.91. The molecule has 1 N–H and O–H groups in total. The highest BCUT2D eigenvalue weighted by Crippen LogP contribution is 2.13. The number of nitrogens with one attached hydrogen (secondary N) is 1. The van der Waals surface area contributed by atoms with Crippen molar-refractivity contribution < 1.29 is 9.53 Å². The predicted octanol–water partition coefficient (Wildman–Crippen LogP) is 1.41. The summed E-state index contributed by atoms with van der Waals surface area (Å²) in [7, 11) is 0. The third kappa shape index (κ3) is 2.94. The lowest BCUT2D eigenvalue weighted by Crippen LogP contribution is -2.45. The second kappa shape index (κ2) is 5.63. The van der Waals surface area contributed by atoms with Crippen LogP contribution < -0.4 is 10.2 Å². The van der Waals surface area contributed by atoms with E-state index in [0.29, 0.717) is 13.2 Å². The van der Waals surface area contributed by atoms with E-state index in [1.54, 1.807) is 17.3 Å². The fourth-order valence-electron chi connectivity index (χ4n) is 1.87. The van der Waals surface area contributed by atoms with E-state index in [1.807, 2.05) is 19.1 Å². The molecule has 0 aliphatic carbocycles. The third-order valence-corrected chi connectivity index (χ3v) is 2.79. The van der Waals surface area contributed by atoms with E-state index in [-0.39, 0.29) is 12.1 Å². The van der Waals surface area contributed by atoms with Crippen LogP contribution in [0, 0.1) is 0 Å². The Morgan fingerprint density at radius 2 is 2.35 bits per heavy atom. The Hall–Kier alpha value is -1.62. The standard InChI is InChI=1S/C12H17N3O2/c1-2-15(11-3-6-13-7-4-11)12(16)14-10-5-8-17-9-10/h3-4,6-7,10H,2,5,8-9H2,1H3,(H,14,16). The molecule has 17 heavy (non-hydrogen) atoms. The number of amides is 2. The summed E-state index contributed by atoms with van der Waals surface area (Å²) >= 11 is 0. The number of ether oxygens (including phenoxy) is 1. The van der Waals surface area contributed by atoms with Crippen molar-refractivity contribution >= 4 is 11.7 Å². The van der Waals surface area contributed by atoms with Crippen molar-refractivity contribution in [3.05, 3.63) is 24.5 Å². The van der Waals surface area contributed by atoms with Crippen LogP contribution in [0.5, 0.6) is 0 Å². The van der Waals surface area contributed by atoms with Gasteiger partial charge in [-0.25, -0.2) is 4.79 Å². The monoisotopic (exact) mass is 235 g/mol. The number of nitrogens with zero attached hydrogens (tertiary/aromatic N) is 2. The molecule has 1 aliphatic heterocycles. The van der Waals surface area contributed by atoms with Crippen LogP contribution in [0.25, 0.3) is 0 Å². The van der Waals surface area contributed by atoms with Crippen LogP contribution in [0.4, 0.5) is 10.5 Å². The molecular formula is C12H17N3O2. The average molecular weight is 235 g/mol. The molecule has 0 aromatic carbocycles. The van der Waals surface area contributed by atoms with E-state index in [1.165, 1.54) is 0 Å². The van der Waals surface area contributed by atoms with Crippen molar-refractivity contribution in [1.29, 1.82) is 0 Å².